The molecule has 0 aliphatic rings. The van der Waals surface area contributed by atoms with E-state index in [1.165, 1.54) is 9.75 Å². The first-order chi connectivity index (χ1) is 9.56. The van der Waals surface area contributed by atoms with Gasteiger partial charge in [0.1, 0.15) is 12.4 Å². The molecule has 2 rings (SSSR count). The summed E-state index contributed by atoms with van der Waals surface area (Å²) < 4.78 is 5.75. The number of nitrogens with one attached hydrogen (secondary N) is 1. The standard InChI is InChI=1S/C16H20ClNOS/c1-11-8-14(9-12(2)16(11)17)19-7-6-18-10-15-5-4-13(3)20-15/h4-5,8-9,18H,6-7,10H2,1-3H3. The van der Waals surface area contributed by atoms with Crippen molar-refractivity contribution in [1.82, 2.24) is 5.32 Å². The van der Waals surface area contributed by atoms with Crippen LogP contribution in [0.25, 0.3) is 0 Å². The molecule has 0 saturated heterocycles. The number of rotatable bonds is 6. The van der Waals surface area contributed by atoms with Gasteiger partial charge in [-0.2, -0.15) is 0 Å². The van der Waals surface area contributed by atoms with Crippen LogP contribution in [0.15, 0.2) is 24.3 Å². The lowest BCUT2D eigenvalue weighted by Crippen LogP contribution is -2.20. The zero-order valence-electron chi connectivity index (χ0n) is 12.1. The minimum absolute atomic E-state index is 0.658. The van der Waals surface area contributed by atoms with E-state index < -0.39 is 0 Å². The van der Waals surface area contributed by atoms with Gasteiger partial charge in [-0.1, -0.05) is 11.6 Å². The molecule has 0 spiro atoms. The Morgan fingerprint density at radius 2 is 1.85 bits per heavy atom. The predicted octanol–water partition coefficient (Wildman–Crippen LogP) is 4.50. The Balaban J connectivity index is 1.73. The maximum Gasteiger partial charge on any atom is 0.119 e. The lowest BCUT2D eigenvalue weighted by atomic mass is 10.1. The van der Waals surface area contributed by atoms with Crippen LogP contribution in [0.1, 0.15) is 20.9 Å². The zero-order valence-corrected chi connectivity index (χ0v) is 13.7. The second-order valence-corrected chi connectivity index (χ2v) is 6.66. The van der Waals surface area contributed by atoms with Gasteiger partial charge in [0, 0.05) is 27.9 Å². The fourth-order valence-corrected chi connectivity index (χ4v) is 2.99. The van der Waals surface area contributed by atoms with Gasteiger partial charge in [-0.25, -0.2) is 0 Å². The van der Waals surface area contributed by atoms with E-state index in [0.717, 1.165) is 35.0 Å². The maximum absolute atomic E-state index is 6.14. The van der Waals surface area contributed by atoms with E-state index >= 15 is 0 Å². The van der Waals surface area contributed by atoms with Crippen molar-refractivity contribution in [3.63, 3.8) is 0 Å². The minimum Gasteiger partial charge on any atom is -0.492 e. The molecule has 2 aromatic rings. The number of hydrogen-bond donors (Lipinski definition) is 1. The Bertz CT molecular complexity index is 557. The van der Waals surface area contributed by atoms with Gasteiger partial charge < -0.3 is 10.1 Å². The van der Waals surface area contributed by atoms with Crippen LogP contribution in [0, 0.1) is 20.8 Å². The summed E-state index contributed by atoms with van der Waals surface area (Å²) in [5.41, 5.74) is 2.12. The molecule has 0 bridgehead atoms. The first-order valence-electron chi connectivity index (χ1n) is 6.72. The molecular weight excluding hydrogens is 290 g/mol. The van der Waals surface area contributed by atoms with E-state index in [9.17, 15) is 0 Å². The van der Waals surface area contributed by atoms with Gasteiger partial charge in [-0.15, -0.1) is 11.3 Å². The highest BCUT2D eigenvalue weighted by Crippen LogP contribution is 2.25. The number of ether oxygens (including phenoxy) is 1. The van der Waals surface area contributed by atoms with Gasteiger partial charge in [0.15, 0.2) is 0 Å². The van der Waals surface area contributed by atoms with E-state index in [0.29, 0.717) is 6.61 Å². The highest BCUT2D eigenvalue weighted by Gasteiger charge is 2.03. The molecule has 1 aromatic carbocycles. The molecule has 108 valence electrons. The van der Waals surface area contributed by atoms with E-state index in [2.05, 4.69) is 24.4 Å². The fourth-order valence-electron chi connectivity index (χ4n) is 2.02. The van der Waals surface area contributed by atoms with Crippen molar-refractivity contribution in [2.45, 2.75) is 27.3 Å². The molecule has 1 N–H and O–H groups in total. The molecule has 0 aliphatic heterocycles. The zero-order chi connectivity index (χ0) is 14.5. The third-order valence-corrected chi connectivity index (χ3v) is 4.65. The first kappa shape index (κ1) is 15.4. The summed E-state index contributed by atoms with van der Waals surface area (Å²) >= 11 is 7.97. The molecule has 2 nitrogen and oxygen atoms in total. The lowest BCUT2D eigenvalue weighted by molar-refractivity contribution is 0.313. The Hall–Kier alpha value is -1.03. The van der Waals surface area contributed by atoms with Gasteiger partial charge in [-0.3, -0.25) is 0 Å². The number of hydrogen-bond acceptors (Lipinski definition) is 3. The molecule has 20 heavy (non-hydrogen) atoms. The predicted molar refractivity (Wildman–Crippen MR) is 87.2 cm³/mol. The van der Waals surface area contributed by atoms with Crippen LogP contribution in [-0.4, -0.2) is 13.2 Å². The normalized spacial score (nSPS) is 10.8. The Morgan fingerprint density at radius 3 is 2.45 bits per heavy atom. The summed E-state index contributed by atoms with van der Waals surface area (Å²) in [7, 11) is 0. The largest absolute Gasteiger partial charge is 0.492 e. The van der Waals surface area contributed by atoms with Gasteiger partial charge >= 0.3 is 0 Å². The third-order valence-electron chi connectivity index (χ3n) is 3.05. The quantitative estimate of drug-likeness (QED) is 0.794. The third kappa shape index (κ3) is 4.23. The molecule has 4 heteroatoms. The van der Waals surface area contributed by atoms with Crippen molar-refractivity contribution in [2.24, 2.45) is 0 Å². The summed E-state index contributed by atoms with van der Waals surface area (Å²) in [5.74, 6) is 0.887. The maximum atomic E-state index is 6.14. The van der Waals surface area contributed by atoms with Crippen LogP contribution >= 0.6 is 22.9 Å². The molecule has 0 unspecified atom stereocenters. The van der Waals surface area contributed by atoms with Crippen molar-refractivity contribution in [2.75, 3.05) is 13.2 Å². The van der Waals surface area contributed by atoms with Crippen LogP contribution in [0.2, 0.25) is 5.02 Å². The van der Waals surface area contributed by atoms with Gasteiger partial charge in [0.25, 0.3) is 0 Å². The number of aryl methyl sites for hydroxylation is 3. The number of halogens is 1. The summed E-state index contributed by atoms with van der Waals surface area (Å²) in [6.45, 7) is 8.52. The molecule has 1 heterocycles. The van der Waals surface area contributed by atoms with Crippen molar-refractivity contribution in [3.05, 3.63) is 50.2 Å². The van der Waals surface area contributed by atoms with Crippen LogP contribution in [0.4, 0.5) is 0 Å². The van der Waals surface area contributed by atoms with Gasteiger partial charge in [-0.05, 0) is 56.2 Å². The highest BCUT2D eigenvalue weighted by atomic mass is 35.5. The number of benzene rings is 1. The minimum atomic E-state index is 0.658. The monoisotopic (exact) mass is 309 g/mol. The second kappa shape index (κ2) is 7.11. The van der Waals surface area contributed by atoms with E-state index in [1.54, 1.807) is 0 Å². The van der Waals surface area contributed by atoms with Gasteiger partial charge in [0.05, 0.1) is 0 Å². The van der Waals surface area contributed by atoms with Crippen LogP contribution in [0.3, 0.4) is 0 Å². The van der Waals surface area contributed by atoms with Gasteiger partial charge in [0.2, 0.25) is 0 Å². The molecule has 0 atom stereocenters. The lowest BCUT2D eigenvalue weighted by Gasteiger charge is -2.10. The molecule has 0 aliphatic carbocycles. The summed E-state index contributed by atoms with van der Waals surface area (Å²) in [6.07, 6.45) is 0. The highest BCUT2D eigenvalue weighted by molar-refractivity contribution is 7.11. The molecule has 0 radical (unpaired) electrons. The fraction of sp³-hybridized carbons (Fsp3) is 0.375. The molecular formula is C16H20ClNOS. The molecule has 1 aromatic heterocycles. The van der Waals surface area contributed by atoms with Crippen LogP contribution in [0.5, 0.6) is 5.75 Å². The van der Waals surface area contributed by atoms with E-state index in [1.807, 2.05) is 37.3 Å². The van der Waals surface area contributed by atoms with E-state index in [4.69, 9.17) is 16.3 Å². The van der Waals surface area contributed by atoms with Crippen molar-refractivity contribution >= 4 is 22.9 Å². The molecule has 0 saturated carbocycles. The smallest absolute Gasteiger partial charge is 0.119 e. The first-order valence-corrected chi connectivity index (χ1v) is 7.91. The Labute approximate surface area is 129 Å². The van der Waals surface area contributed by atoms with Crippen molar-refractivity contribution < 1.29 is 4.74 Å². The van der Waals surface area contributed by atoms with Crippen molar-refractivity contribution in [3.8, 4) is 5.75 Å². The van der Waals surface area contributed by atoms with Crippen LogP contribution < -0.4 is 10.1 Å². The average molecular weight is 310 g/mol. The topological polar surface area (TPSA) is 21.3 Å². The van der Waals surface area contributed by atoms with Crippen molar-refractivity contribution in [1.29, 1.82) is 0 Å². The summed E-state index contributed by atoms with van der Waals surface area (Å²) in [6, 6.07) is 8.28. The Morgan fingerprint density at radius 1 is 1.15 bits per heavy atom. The second-order valence-electron chi connectivity index (χ2n) is 4.91. The Kier molecular flexibility index (Phi) is 5.46. The number of thiophene rings is 1. The van der Waals surface area contributed by atoms with Crippen LogP contribution in [-0.2, 0) is 6.54 Å². The summed E-state index contributed by atoms with van der Waals surface area (Å²) in [5, 5.41) is 4.21. The molecule has 0 amide bonds. The molecule has 0 fully saturated rings. The summed E-state index contributed by atoms with van der Waals surface area (Å²) in [4.78, 5) is 2.71. The average Bonchev–Trinajstić information content (AvgIpc) is 2.81. The van der Waals surface area contributed by atoms with E-state index in [-0.39, 0.29) is 0 Å². The SMILES string of the molecule is Cc1ccc(CNCCOc2cc(C)c(Cl)c(C)c2)s1.